The highest BCUT2D eigenvalue weighted by molar-refractivity contribution is 5.58. The van der Waals surface area contributed by atoms with Crippen LogP contribution in [-0.4, -0.2) is 35.1 Å². The third-order valence-electron chi connectivity index (χ3n) is 5.78. The summed E-state index contributed by atoms with van der Waals surface area (Å²) in [4.78, 5) is 11.9. The lowest BCUT2D eigenvalue weighted by molar-refractivity contribution is 0.397. The minimum absolute atomic E-state index is 0.511. The Morgan fingerprint density at radius 3 is 2.65 bits per heavy atom. The van der Waals surface area contributed by atoms with Gasteiger partial charge in [0.25, 0.3) is 0 Å². The van der Waals surface area contributed by atoms with Gasteiger partial charge in [-0.15, -0.1) is 0 Å². The van der Waals surface area contributed by atoms with Crippen molar-refractivity contribution in [2.24, 2.45) is 0 Å². The molecule has 1 aromatic carbocycles. The molecule has 0 radical (unpaired) electrons. The summed E-state index contributed by atoms with van der Waals surface area (Å²) < 4.78 is 0. The van der Waals surface area contributed by atoms with Crippen LogP contribution >= 0.6 is 0 Å². The first-order valence-electron chi connectivity index (χ1n) is 11.8. The second-order valence-electron chi connectivity index (χ2n) is 8.48. The molecule has 6 heteroatoms. The Kier molecular flexibility index (Phi) is 8.66. The molecule has 1 aromatic heterocycles. The first-order valence-corrected chi connectivity index (χ1v) is 11.8. The van der Waals surface area contributed by atoms with Crippen LogP contribution in [0.25, 0.3) is 0 Å². The Bertz CT molecular complexity index is 869. The summed E-state index contributed by atoms with van der Waals surface area (Å²) in [6.45, 7) is 8.69. The molecule has 0 saturated carbocycles. The second kappa shape index (κ2) is 11.7. The number of aromatic nitrogens is 2. The molecule has 1 aliphatic rings. The van der Waals surface area contributed by atoms with E-state index < -0.39 is 0 Å². The molecular formula is C25H36N6. The maximum atomic E-state index is 9.16. The summed E-state index contributed by atoms with van der Waals surface area (Å²) in [5, 5.41) is 16.4. The van der Waals surface area contributed by atoms with Crippen LogP contribution in [0.3, 0.4) is 0 Å². The zero-order chi connectivity index (χ0) is 22.1. The first kappa shape index (κ1) is 23.0. The summed E-state index contributed by atoms with van der Waals surface area (Å²) >= 11 is 0. The Morgan fingerprint density at radius 2 is 1.94 bits per heavy atom. The van der Waals surface area contributed by atoms with Gasteiger partial charge in [-0.2, -0.15) is 10.2 Å². The molecule has 31 heavy (non-hydrogen) atoms. The number of hydrogen-bond donors (Lipinski definition) is 2. The lowest BCUT2D eigenvalue weighted by Gasteiger charge is -2.23. The Morgan fingerprint density at radius 1 is 1.13 bits per heavy atom. The van der Waals surface area contributed by atoms with E-state index in [9.17, 15) is 0 Å². The first-order chi connectivity index (χ1) is 15.1. The maximum absolute atomic E-state index is 9.16. The molecule has 2 heterocycles. The van der Waals surface area contributed by atoms with Crippen molar-refractivity contribution in [1.82, 2.24) is 15.3 Å². The van der Waals surface area contributed by atoms with Gasteiger partial charge in [0.05, 0.1) is 11.6 Å². The van der Waals surface area contributed by atoms with Crippen molar-refractivity contribution >= 4 is 17.5 Å². The molecule has 1 aliphatic heterocycles. The number of hydrogen-bond acceptors (Lipinski definition) is 6. The van der Waals surface area contributed by atoms with Crippen LogP contribution in [-0.2, 0) is 6.42 Å². The van der Waals surface area contributed by atoms with Crippen LogP contribution in [0.2, 0.25) is 0 Å². The van der Waals surface area contributed by atoms with E-state index in [1.54, 1.807) is 6.07 Å². The summed E-state index contributed by atoms with van der Waals surface area (Å²) in [7, 11) is 0. The number of benzene rings is 1. The fourth-order valence-corrected chi connectivity index (χ4v) is 4.33. The maximum Gasteiger partial charge on any atom is 0.229 e. The van der Waals surface area contributed by atoms with Crippen LogP contribution in [0.4, 0.5) is 17.5 Å². The van der Waals surface area contributed by atoms with Gasteiger partial charge in [-0.1, -0.05) is 46.1 Å². The van der Waals surface area contributed by atoms with Crippen LogP contribution < -0.4 is 15.5 Å². The zero-order valence-electron chi connectivity index (χ0n) is 19.2. The molecule has 0 amide bonds. The van der Waals surface area contributed by atoms with Crippen molar-refractivity contribution in [2.75, 3.05) is 23.3 Å². The monoisotopic (exact) mass is 420 g/mol. The third-order valence-corrected chi connectivity index (χ3v) is 5.78. The van der Waals surface area contributed by atoms with Gasteiger partial charge in [0.1, 0.15) is 5.82 Å². The number of nitrogens with zero attached hydrogens (tertiary/aromatic N) is 4. The number of anilines is 3. The zero-order valence-corrected chi connectivity index (χ0v) is 19.2. The average molecular weight is 421 g/mol. The molecule has 3 rings (SSSR count). The van der Waals surface area contributed by atoms with Crippen LogP contribution in [0.5, 0.6) is 0 Å². The molecule has 1 saturated heterocycles. The molecule has 0 bridgehead atoms. The van der Waals surface area contributed by atoms with E-state index in [1.165, 1.54) is 25.7 Å². The van der Waals surface area contributed by atoms with Gasteiger partial charge in [-0.3, -0.25) is 0 Å². The van der Waals surface area contributed by atoms with Crippen molar-refractivity contribution in [3.05, 3.63) is 41.6 Å². The molecule has 6 nitrogen and oxygen atoms in total. The molecular weight excluding hydrogens is 384 g/mol. The highest BCUT2D eigenvalue weighted by atomic mass is 15.3. The normalized spacial score (nSPS) is 16.0. The Labute approximate surface area is 187 Å². The van der Waals surface area contributed by atoms with Crippen molar-refractivity contribution in [3.8, 4) is 6.07 Å². The van der Waals surface area contributed by atoms with Crippen molar-refractivity contribution in [2.45, 2.75) is 77.8 Å². The van der Waals surface area contributed by atoms with E-state index in [0.717, 1.165) is 49.6 Å². The van der Waals surface area contributed by atoms with E-state index in [1.807, 2.05) is 18.2 Å². The molecule has 1 atom stereocenters. The minimum atomic E-state index is 0.511. The number of nitrogens with one attached hydrogen (secondary N) is 2. The Hall–Kier alpha value is -2.65. The van der Waals surface area contributed by atoms with Gasteiger partial charge in [-0.25, -0.2) is 4.98 Å². The SMILES string of the molecule is CCCc1cc(N2CC[C@H](NC(CCC)CCC)C2)nc(Nc2cccc(C#N)c2)n1. The van der Waals surface area contributed by atoms with E-state index >= 15 is 0 Å². The van der Waals surface area contributed by atoms with Crippen molar-refractivity contribution in [3.63, 3.8) is 0 Å². The minimum Gasteiger partial charge on any atom is -0.355 e. The predicted molar refractivity (Wildman–Crippen MR) is 128 cm³/mol. The smallest absolute Gasteiger partial charge is 0.229 e. The van der Waals surface area contributed by atoms with Crippen molar-refractivity contribution < 1.29 is 0 Å². The van der Waals surface area contributed by atoms with Gasteiger partial charge in [0.2, 0.25) is 5.95 Å². The molecule has 2 aromatic rings. The van der Waals surface area contributed by atoms with Gasteiger partial charge < -0.3 is 15.5 Å². The van der Waals surface area contributed by atoms with E-state index in [-0.39, 0.29) is 0 Å². The molecule has 0 unspecified atom stereocenters. The summed E-state index contributed by atoms with van der Waals surface area (Å²) in [6.07, 6.45) is 8.05. The topological polar surface area (TPSA) is 76.9 Å². The fraction of sp³-hybridized carbons (Fsp3) is 0.560. The predicted octanol–water partition coefficient (Wildman–Crippen LogP) is 5.18. The summed E-state index contributed by atoms with van der Waals surface area (Å²) in [5.41, 5.74) is 2.51. The van der Waals surface area contributed by atoms with Gasteiger partial charge in [-0.05, 0) is 43.9 Å². The summed E-state index contributed by atoms with van der Waals surface area (Å²) in [5.74, 6) is 1.59. The van der Waals surface area contributed by atoms with E-state index in [4.69, 9.17) is 15.2 Å². The van der Waals surface area contributed by atoms with Crippen LogP contribution in [0.1, 0.15) is 70.6 Å². The number of nitriles is 1. The van der Waals surface area contributed by atoms with Gasteiger partial charge in [0, 0.05) is 42.6 Å². The van der Waals surface area contributed by atoms with Crippen molar-refractivity contribution in [1.29, 1.82) is 5.26 Å². The van der Waals surface area contributed by atoms with Crippen LogP contribution in [0, 0.1) is 11.3 Å². The standard InChI is InChI=1S/C25H36N6/c1-4-8-20(9-5-2)27-23-13-14-31(18-23)24-16-21(10-6-3)28-25(30-24)29-22-12-7-11-19(15-22)17-26/h7,11-12,15-16,20,23,27H,4-6,8-10,13-14,18H2,1-3H3,(H,28,29,30)/t23-/m0/s1. The molecule has 0 aliphatic carbocycles. The van der Waals surface area contributed by atoms with E-state index in [2.05, 4.69) is 48.4 Å². The highest BCUT2D eigenvalue weighted by Crippen LogP contribution is 2.24. The lowest BCUT2D eigenvalue weighted by Crippen LogP contribution is -2.40. The third kappa shape index (κ3) is 6.67. The number of rotatable bonds is 11. The Balaban J connectivity index is 1.74. The molecule has 166 valence electrons. The van der Waals surface area contributed by atoms with Gasteiger partial charge in [0.15, 0.2) is 0 Å². The molecule has 1 fully saturated rings. The van der Waals surface area contributed by atoms with Crippen LogP contribution in [0.15, 0.2) is 30.3 Å². The largest absolute Gasteiger partial charge is 0.355 e. The fourth-order valence-electron chi connectivity index (χ4n) is 4.33. The summed E-state index contributed by atoms with van der Waals surface area (Å²) in [6, 6.07) is 12.9. The quantitative estimate of drug-likeness (QED) is 0.521. The molecule has 2 N–H and O–H groups in total. The number of aryl methyl sites for hydroxylation is 1. The van der Waals surface area contributed by atoms with E-state index in [0.29, 0.717) is 23.6 Å². The lowest BCUT2D eigenvalue weighted by atomic mass is 10.1. The highest BCUT2D eigenvalue weighted by Gasteiger charge is 2.26. The average Bonchev–Trinajstić information content (AvgIpc) is 3.23. The van der Waals surface area contributed by atoms with Gasteiger partial charge >= 0.3 is 0 Å². The second-order valence-corrected chi connectivity index (χ2v) is 8.48. The molecule has 0 spiro atoms.